The van der Waals surface area contributed by atoms with Gasteiger partial charge in [-0.1, -0.05) is 5.16 Å². The van der Waals surface area contributed by atoms with Gasteiger partial charge in [0.2, 0.25) is 0 Å². The van der Waals surface area contributed by atoms with Crippen molar-refractivity contribution in [3.8, 4) is 0 Å². The topological polar surface area (TPSA) is 85.9 Å². The molecule has 17 heavy (non-hydrogen) atoms. The summed E-state index contributed by atoms with van der Waals surface area (Å²) in [5.41, 5.74) is -0.954. The Labute approximate surface area is 93.8 Å². The van der Waals surface area contributed by atoms with E-state index in [1.807, 2.05) is 0 Å². The SMILES string of the molecule is CC(=NO)c1cc(C(O)(O)C(F)(F)F)ccn1. The van der Waals surface area contributed by atoms with Crippen molar-refractivity contribution in [1.82, 2.24) is 4.98 Å². The maximum Gasteiger partial charge on any atom is 0.447 e. The lowest BCUT2D eigenvalue weighted by atomic mass is 10.1. The summed E-state index contributed by atoms with van der Waals surface area (Å²) >= 11 is 0. The Morgan fingerprint density at radius 1 is 1.35 bits per heavy atom. The average molecular weight is 250 g/mol. The van der Waals surface area contributed by atoms with Crippen LogP contribution in [0.1, 0.15) is 18.2 Å². The van der Waals surface area contributed by atoms with E-state index in [-0.39, 0.29) is 11.4 Å². The molecule has 0 aliphatic carbocycles. The molecule has 0 saturated heterocycles. The van der Waals surface area contributed by atoms with Crippen LogP contribution < -0.4 is 0 Å². The molecule has 1 rings (SSSR count). The zero-order chi connectivity index (χ0) is 13.3. The predicted octanol–water partition coefficient (Wildman–Crippen LogP) is 0.980. The second-order valence-corrected chi connectivity index (χ2v) is 3.29. The van der Waals surface area contributed by atoms with Crippen LogP contribution in [0.5, 0.6) is 0 Å². The molecule has 0 atom stereocenters. The van der Waals surface area contributed by atoms with Gasteiger partial charge in [0.05, 0.1) is 5.69 Å². The van der Waals surface area contributed by atoms with Crippen molar-refractivity contribution in [3.63, 3.8) is 0 Å². The molecule has 8 heteroatoms. The highest BCUT2D eigenvalue weighted by Crippen LogP contribution is 2.36. The first kappa shape index (κ1) is 13.4. The van der Waals surface area contributed by atoms with E-state index >= 15 is 0 Å². The molecule has 3 N–H and O–H groups in total. The van der Waals surface area contributed by atoms with Crippen LogP contribution in [0.25, 0.3) is 0 Å². The Morgan fingerprint density at radius 2 is 1.94 bits per heavy atom. The van der Waals surface area contributed by atoms with Gasteiger partial charge in [-0.15, -0.1) is 0 Å². The third-order valence-corrected chi connectivity index (χ3v) is 2.08. The number of pyridine rings is 1. The monoisotopic (exact) mass is 250 g/mol. The van der Waals surface area contributed by atoms with Gasteiger partial charge in [-0.25, -0.2) is 0 Å². The van der Waals surface area contributed by atoms with Crippen LogP contribution in [0.2, 0.25) is 0 Å². The summed E-state index contributed by atoms with van der Waals surface area (Å²) in [6, 6.07) is 1.59. The average Bonchev–Trinajstić information content (AvgIpc) is 2.26. The number of aliphatic hydroxyl groups is 2. The van der Waals surface area contributed by atoms with Gasteiger partial charge >= 0.3 is 6.18 Å². The molecular formula is C9H9F3N2O3. The first-order valence-corrected chi connectivity index (χ1v) is 4.37. The molecule has 0 fully saturated rings. The minimum absolute atomic E-state index is 0.0511. The Bertz CT molecular complexity index is 443. The smallest absolute Gasteiger partial charge is 0.411 e. The van der Waals surface area contributed by atoms with Crippen molar-refractivity contribution in [3.05, 3.63) is 29.6 Å². The minimum Gasteiger partial charge on any atom is -0.411 e. The molecular weight excluding hydrogens is 241 g/mol. The molecule has 0 aliphatic heterocycles. The number of halogens is 3. The Balaban J connectivity index is 3.25. The fourth-order valence-electron chi connectivity index (χ4n) is 1.06. The molecule has 1 heterocycles. The fourth-order valence-corrected chi connectivity index (χ4v) is 1.06. The van der Waals surface area contributed by atoms with E-state index in [0.29, 0.717) is 0 Å². The van der Waals surface area contributed by atoms with Crippen LogP contribution in [-0.4, -0.2) is 32.3 Å². The summed E-state index contributed by atoms with van der Waals surface area (Å²) in [5.74, 6) is -3.97. The maximum atomic E-state index is 12.3. The second-order valence-electron chi connectivity index (χ2n) is 3.29. The summed E-state index contributed by atoms with van der Waals surface area (Å²) in [6.45, 7) is 1.30. The largest absolute Gasteiger partial charge is 0.447 e. The molecule has 94 valence electrons. The number of rotatable bonds is 2. The van der Waals surface area contributed by atoms with E-state index in [2.05, 4.69) is 10.1 Å². The second kappa shape index (κ2) is 4.30. The molecule has 0 saturated carbocycles. The van der Waals surface area contributed by atoms with E-state index in [4.69, 9.17) is 15.4 Å². The molecule has 5 nitrogen and oxygen atoms in total. The third-order valence-electron chi connectivity index (χ3n) is 2.08. The van der Waals surface area contributed by atoms with Crippen molar-refractivity contribution in [2.24, 2.45) is 5.16 Å². The molecule has 1 aromatic heterocycles. The molecule has 0 unspecified atom stereocenters. The summed E-state index contributed by atoms with van der Waals surface area (Å²) in [5, 5.41) is 29.2. The van der Waals surface area contributed by atoms with E-state index in [9.17, 15) is 13.2 Å². The van der Waals surface area contributed by atoms with Crippen molar-refractivity contribution in [2.75, 3.05) is 0 Å². The van der Waals surface area contributed by atoms with Gasteiger partial charge in [0.15, 0.2) is 0 Å². The zero-order valence-corrected chi connectivity index (χ0v) is 8.60. The van der Waals surface area contributed by atoms with Gasteiger partial charge < -0.3 is 15.4 Å². The number of aromatic nitrogens is 1. The standard InChI is InChI=1S/C9H9F3N2O3/c1-5(14-17)7-4-6(2-3-13-7)8(15,16)9(10,11)12/h2-4,15-17H,1H3. The van der Waals surface area contributed by atoms with Crippen molar-refractivity contribution in [2.45, 2.75) is 18.9 Å². The molecule has 0 bridgehead atoms. The lowest BCUT2D eigenvalue weighted by molar-refractivity contribution is -0.358. The maximum absolute atomic E-state index is 12.3. The van der Waals surface area contributed by atoms with Gasteiger partial charge in [0.25, 0.3) is 5.79 Å². The quantitative estimate of drug-likeness (QED) is 0.316. The molecule has 1 aromatic rings. The molecule has 0 amide bonds. The first-order chi connectivity index (χ1) is 7.70. The van der Waals surface area contributed by atoms with Crippen LogP contribution in [0, 0.1) is 0 Å². The van der Waals surface area contributed by atoms with Crippen LogP contribution in [0.3, 0.4) is 0 Å². The van der Waals surface area contributed by atoms with Gasteiger partial charge in [-0.3, -0.25) is 4.98 Å². The molecule has 0 radical (unpaired) electrons. The van der Waals surface area contributed by atoms with Gasteiger partial charge in [0.1, 0.15) is 5.71 Å². The van der Waals surface area contributed by atoms with E-state index < -0.39 is 17.5 Å². The lowest BCUT2D eigenvalue weighted by Crippen LogP contribution is -2.42. The zero-order valence-electron chi connectivity index (χ0n) is 8.60. The Morgan fingerprint density at radius 3 is 2.41 bits per heavy atom. The van der Waals surface area contributed by atoms with E-state index in [1.165, 1.54) is 6.92 Å². The third kappa shape index (κ3) is 2.53. The number of hydrogen-bond acceptors (Lipinski definition) is 5. The summed E-state index contributed by atoms with van der Waals surface area (Å²) in [6.07, 6.45) is -4.29. The van der Waals surface area contributed by atoms with Crippen molar-refractivity contribution >= 4 is 5.71 Å². The highest BCUT2D eigenvalue weighted by molar-refractivity contribution is 5.96. The number of oxime groups is 1. The van der Waals surface area contributed by atoms with Crippen molar-refractivity contribution in [1.29, 1.82) is 0 Å². The highest BCUT2D eigenvalue weighted by Gasteiger charge is 2.54. The minimum atomic E-state index is -5.24. The van der Waals surface area contributed by atoms with E-state index in [1.54, 1.807) is 0 Å². The van der Waals surface area contributed by atoms with Gasteiger partial charge in [0, 0.05) is 11.8 Å². The Hall–Kier alpha value is -1.67. The summed E-state index contributed by atoms with van der Waals surface area (Å²) < 4.78 is 37.0. The van der Waals surface area contributed by atoms with Crippen LogP contribution in [0.4, 0.5) is 13.2 Å². The highest BCUT2D eigenvalue weighted by atomic mass is 19.4. The first-order valence-electron chi connectivity index (χ1n) is 4.37. The normalized spacial score (nSPS) is 13.9. The molecule has 0 spiro atoms. The van der Waals surface area contributed by atoms with Crippen LogP contribution >= 0.6 is 0 Å². The number of hydrogen-bond donors (Lipinski definition) is 3. The van der Waals surface area contributed by atoms with Gasteiger partial charge in [-0.2, -0.15) is 13.2 Å². The van der Waals surface area contributed by atoms with Crippen LogP contribution in [-0.2, 0) is 5.79 Å². The molecule has 0 aromatic carbocycles. The summed E-state index contributed by atoms with van der Waals surface area (Å²) in [4.78, 5) is 3.63. The van der Waals surface area contributed by atoms with Crippen LogP contribution in [0.15, 0.2) is 23.5 Å². The number of nitrogens with zero attached hydrogens (tertiary/aromatic N) is 2. The predicted molar refractivity (Wildman–Crippen MR) is 50.4 cm³/mol. The van der Waals surface area contributed by atoms with E-state index in [0.717, 1.165) is 18.3 Å². The van der Waals surface area contributed by atoms with Crippen molar-refractivity contribution < 1.29 is 28.6 Å². The fraction of sp³-hybridized carbons (Fsp3) is 0.333. The molecule has 0 aliphatic rings. The summed E-state index contributed by atoms with van der Waals surface area (Å²) in [7, 11) is 0. The number of alkyl halides is 3. The van der Waals surface area contributed by atoms with Gasteiger partial charge in [-0.05, 0) is 19.1 Å². The Kier molecular flexibility index (Phi) is 3.39. The lowest BCUT2D eigenvalue weighted by Gasteiger charge is -2.24.